The smallest absolute Gasteiger partial charge is 0.136 e. The highest BCUT2D eigenvalue weighted by Crippen LogP contribution is 2.50. The van der Waals surface area contributed by atoms with Crippen molar-refractivity contribution in [2.45, 2.75) is 9.79 Å². The van der Waals surface area contributed by atoms with Crippen LogP contribution < -0.4 is 0 Å². The van der Waals surface area contributed by atoms with Crippen molar-refractivity contribution in [3.8, 4) is 22.3 Å². The van der Waals surface area contributed by atoms with Crippen molar-refractivity contribution in [3.05, 3.63) is 109 Å². The summed E-state index contributed by atoms with van der Waals surface area (Å²) in [4.78, 5) is 2.65. The Labute approximate surface area is 200 Å². The van der Waals surface area contributed by atoms with E-state index in [9.17, 15) is 0 Å². The molecule has 1 nitrogen and oxygen atoms in total. The van der Waals surface area contributed by atoms with Gasteiger partial charge in [-0.05, 0) is 68.7 Å². The summed E-state index contributed by atoms with van der Waals surface area (Å²) in [6.45, 7) is 0. The van der Waals surface area contributed by atoms with Crippen molar-refractivity contribution in [2.75, 3.05) is 0 Å². The SMILES string of the molecule is c1ccc2c(c1)Sc1ccc(-c3cccc4oc5cc6ccccc6cc5c34)c3cccc-2c13. The maximum absolute atomic E-state index is 6.36. The number of rotatable bonds is 1. The van der Waals surface area contributed by atoms with Gasteiger partial charge in [-0.3, -0.25) is 0 Å². The predicted molar refractivity (Wildman–Crippen MR) is 144 cm³/mol. The molecular weight excluding hydrogens is 432 g/mol. The molecule has 0 bridgehead atoms. The molecule has 0 spiro atoms. The molecule has 0 N–H and O–H groups in total. The van der Waals surface area contributed by atoms with E-state index >= 15 is 0 Å². The maximum Gasteiger partial charge on any atom is 0.136 e. The van der Waals surface area contributed by atoms with E-state index in [-0.39, 0.29) is 0 Å². The molecule has 8 rings (SSSR count). The number of furan rings is 1. The molecule has 2 heterocycles. The van der Waals surface area contributed by atoms with Crippen molar-refractivity contribution >= 4 is 55.2 Å². The van der Waals surface area contributed by atoms with Crippen LogP contribution in [0.2, 0.25) is 0 Å². The quantitative estimate of drug-likeness (QED) is 0.247. The molecule has 0 unspecified atom stereocenters. The maximum atomic E-state index is 6.36. The van der Waals surface area contributed by atoms with Crippen molar-refractivity contribution in [1.82, 2.24) is 0 Å². The largest absolute Gasteiger partial charge is 0.456 e. The lowest BCUT2D eigenvalue weighted by molar-refractivity contribution is 0.669. The highest BCUT2D eigenvalue weighted by atomic mass is 32.2. The van der Waals surface area contributed by atoms with Crippen LogP contribution in [0.25, 0.3) is 65.7 Å². The Morgan fingerprint density at radius 3 is 2.09 bits per heavy atom. The van der Waals surface area contributed by atoms with Crippen molar-refractivity contribution in [1.29, 1.82) is 0 Å². The number of hydrogen-bond donors (Lipinski definition) is 0. The second-order valence-corrected chi connectivity index (χ2v) is 10.00. The fourth-order valence-electron chi connectivity index (χ4n) is 5.55. The van der Waals surface area contributed by atoms with Crippen molar-refractivity contribution in [3.63, 3.8) is 0 Å². The topological polar surface area (TPSA) is 13.1 Å². The lowest BCUT2D eigenvalue weighted by atomic mass is 9.90. The molecule has 2 heteroatoms. The van der Waals surface area contributed by atoms with Crippen LogP contribution in [0.3, 0.4) is 0 Å². The normalized spacial score (nSPS) is 12.6. The van der Waals surface area contributed by atoms with Gasteiger partial charge in [0.2, 0.25) is 0 Å². The number of benzene rings is 6. The van der Waals surface area contributed by atoms with Crippen LogP contribution in [0.15, 0.2) is 123 Å². The van der Waals surface area contributed by atoms with E-state index in [1.165, 1.54) is 64.4 Å². The third kappa shape index (κ3) is 2.46. The standard InChI is InChI=1S/C32H18OS/c1-2-8-20-18-28-26(17-19(20)7-1)31-23(12-6-13-27(31)33-28)21-15-16-30-32-24(21)10-5-11-25(32)22-9-3-4-14-29(22)34-30/h1-18H. The summed E-state index contributed by atoms with van der Waals surface area (Å²) >= 11 is 1.87. The van der Waals surface area contributed by atoms with Gasteiger partial charge in [0.25, 0.3) is 0 Å². The molecule has 0 amide bonds. The molecule has 7 aromatic rings. The monoisotopic (exact) mass is 450 g/mol. The molecule has 0 saturated carbocycles. The zero-order valence-corrected chi connectivity index (χ0v) is 19.0. The molecule has 0 atom stereocenters. The third-order valence-corrected chi connectivity index (χ3v) is 8.19. The van der Waals surface area contributed by atoms with E-state index in [0.717, 1.165) is 11.2 Å². The van der Waals surface area contributed by atoms with Gasteiger partial charge in [-0.2, -0.15) is 0 Å². The summed E-state index contributed by atoms with van der Waals surface area (Å²) in [6, 6.07) is 39.4. The molecule has 0 fully saturated rings. The average Bonchev–Trinajstić information content (AvgIpc) is 3.25. The van der Waals surface area contributed by atoms with Gasteiger partial charge in [0, 0.05) is 25.9 Å². The Bertz CT molecular complexity index is 1940. The van der Waals surface area contributed by atoms with E-state index in [1.54, 1.807) is 0 Å². The Kier molecular flexibility index (Phi) is 3.66. The van der Waals surface area contributed by atoms with Gasteiger partial charge >= 0.3 is 0 Å². The minimum atomic E-state index is 0.933. The molecule has 6 aromatic carbocycles. The molecule has 34 heavy (non-hydrogen) atoms. The minimum Gasteiger partial charge on any atom is -0.456 e. The lowest BCUT2D eigenvalue weighted by Crippen LogP contribution is -1.94. The van der Waals surface area contributed by atoms with Gasteiger partial charge in [-0.1, -0.05) is 90.6 Å². The van der Waals surface area contributed by atoms with Crippen molar-refractivity contribution in [2.24, 2.45) is 0 Å². The molecular formula is C32H18OS. The van der Waals surface area contributed by atoms with Gasteiger partial charge in [0.05, 0.1) is 0 Å². The Morgan fingerprint density at radius 1 is 0.441 bits per heavy atom. The van der Waals surface area contributed by atoms with Gasteiger partial charge in [-0.15, -0.1) is 0 Å². The molecule has 0 radical (unpaired) electrons. The van der Waals surface area contributed by atoms with Crippen molar-refractivity contribution < 1.29 is 4.42 Å². The van der Waals surface area contributed by atoms with Crippen LogP contribution in [-0.2, 0) is 0 Å². The Hall–Kier alpha value is -4.01. The van der Waals surface area contributed by atoms with Crippen LogP contribution in [0.1, 0.15) is 0 Å². The zero-order chi connectivity index (χ0) is 22.2. The van der Waals surface area contributed by atoms with Crippen LogP contribution >= 0.6 is 11.8 Å². The Balaban J connectivity index is 1.48. The van der Waals surface area contributed by atoms with E-state index in [2.05, 4.69) is 109 Å². The van der Waals surface area contributed by atoms with Gasteiger partial charge in [0.15, 0.2) is 0 Å². The highest BCUT2D eigenvalue weighted by molar-refractivity contribution is 7.99. The highest BCUT2D eigenvalue weighted by Gasteiger charge is 2.21. The molecule has 1 aromatic heterocycles. The second-order valence-electron chi connectivity index (χ2n) is 8.91. The van der Waals surface area contributed by atoms with Crippen LogP contribution in [0.5, 0.6) is 0 Å². The van der Waals surface area contributed by atoms with E-state index in [4.69, 9.17) is 4.42 Å². The van der Waals surface area contributed by atoms with Crippen LogP contribution in [0.4, 0.5) is 0 Å². The molecule has 1 aliphatic heterocycles. The first-order chi connectivity index (χ1) is 16.8. The summed E-state index contributed by atoms with van der Waals surface area (Å²) in [5.74, 6) is 0. The molecule has 0 aliphatic carbocycles. The summed E-state index contributed by atoms with van der Waals surface area (Å²) in [5, 5.41) is 7.43. The summed E-state index contributed by atoms with van der Waals surface area (Å²) in [5.41, 5.74) is 6.98. The fourth-order valence-corrected chi connectivity index (χ4v) is 6.68. The van der Waals surface area contributed by atoms with E-state index in [1.807, 2.05) is 11.8 Å². The summed E-state index contributed by atoms with van der Waals surface area (Å²) in [6.07, 6.45) is 0. The molecule has 158 valence electrons. The second kappa shape index (κ2) is 6.75. The average molecular weight is 451 g/mol. The fraction of sp³-hybridized carbons (Fsp3) is 0. The first-order valence-corrected chi connectivity index (χ1v) is 12.3. The zero-order valence-electron chi connectivity index (χ0n) is 18.2. The molecule has 1 aliphatic rings. The van der Waals surface area contributed by atoms with Crippen LogP contribution in [-0.4, -0.2) is 0 Å². The van der Waals surface area contributed by atoms with E-state index < -0.39 is 0 Å². The molecule has 0 saturated heterocycles. The number of hydrogen-bond acceptors (Lipinski definition) is 2. The first kappa shape index (κ1) is 18.4. The van der Waals surface area contributed by atoms with Gasteiger partial charge in [-0.25, -0.2) is 0 Å². The Morgan fingerprint density at radius 2 is 1.18 bits per heavy atom. The summed E-state index contributed by atoms with van der Waals surface area (Å²) < 4.78 is 6.36. The van der Waals surface area contributed by atoms with E-state index in [0.29, 0.717) is 0 Å². The third-order valence-electron chi connectivity index (χ3n) is 7.05. The number of fused-ring (bicyclic) bond motifs is 6. The lowest BCUT2D eigenvalue weighted by Gasteiger charge is -2.21. The first-order valence-electron chi connectivity index (χ1n) is 11.5. The van der Waals surface area contributed by atoms with Gasteiger partial charge < -0.3 is 4.42 Å². The minimum absolute atomic E-state index is 0.933. The predicted octanol–water partition coefficient (Wildman–Crippen LogP) is 9.69. The summed E-state index contributed by atoms with van der Waals surface area (Å²) in [7, 11) is 0. The van der Waals surface area contributed by atoms with Crippen LogP contribution in [0, 0.1) is 0 Å². The van der Waals surface area contributed by atoms with Gasteiger partial charge in [0.1, 0.15) is 11.2 Å².